The Morgan fingerprint density at radius 1 is 1.47 bits per heavy atom. The number of amides is 2. The van der Waals surface area contributed by atoms with Crippen molar-refractivity contribution in [1.82, 2.24) is 15.2 Å². The highest BCUT2D eigenvalue weighted by Crippen LogP contribution is 2.27. The minimum absolute atomic E-state index is 0.145. The standard InChI is InChI=1S/C13H22N4OS/c1-4-9(5-2)14-12(18)16-13-15-10-6-7-17(3)8-11(10)19-13/h9H,4-8H2,1-3H3,(H2,14,15,16,18). The Morgan fingerprint density at radius 3 is 2.89 bits per heavy atom. The van der Waals surface area contributed by atoms with E-state index in [9.17, 15) is 4.79 Å². The first kappa shape index (κ1) is 14.3. The van der Waals surface area contributed by atoms with E-state index >= 15 is 0 Å². The van der Waals surface area contributed by atoms with Gasteiger partial charge in [0.1, 0.15) is 0 Å². The zero-order chi connectivity index (χ0) is 13.8. The van der Waals surface area contributed by atoms with Gasteiger partial charge in [-0.25, -0.2) is 9.78 Å². The largest absolute Gasteiger partial charge is 0.335 e. The number of hydrogen-bond acceptors (Lipinski definition) is 4. The van der Waals surface area contributed by atoms with Gasteiger partial charge in [0.15, 0.2) is 5.13 Å². The minimum Gasteiger partial charge on any atom is -0.335 e. The summed E-state index contributed by atoms with van der Waals surface area (Å²) in [5.41, 5.74) is 1.14. The molecule has 0 saturated heterocycles. The molecule has 0 aromatic carbocycles. The van der Waals surface area contributed by atoms with Gasteiger partial charge in [-0.15, -0.1) is 11.3 Å². The second-order valence-corrected chi connectivity index (χ2v) is 6.07. The molecule has 1 aliphatic heterocycles. The maximum absolute atomic E-state index is 11.9. The molecule has 2 heterocycles. The maximum Gasteiger partial charge on any atom is 0.321 e. The number of fused-ring (bicyclic) bond motifs is 1. The second kappa shape index (κ2) is 6.34. The van der Waals surface area contributed by atoms with E-state index in [0.717, 1.165) is 38.0 Å². The molecule has 0 aliphatic carbocycles. The molecule has 6 heteroatoms. The second-order valence-electron chi connectivity index (χ2n) is 4.99. The number of hydrogen-bond donors (Lipinski definition) is 2. The Hall–Kier alpha value is -1.14. The molecule has 0 fully saturated rings. The molecule has 106 valence electrons. The fourth-order valence-electron chi connectivity index (χ4n) is 2.19. The van der Waals surface area contributed by atoms with Crippen molar-refractivity contribution in [2.24, 2.45) is 0 Å². The third kappa shape index (κ3) is 3.67. The fraction of sp³-hybridized carbons (Fsp3) is 0.692. The molecule has 19 heavy (non-hydrogen) atoms. The van der Waals surface area contributed by atoms with Crippen molar-refractivity contribution >= 4 is 22.5 Å². The first-order chi connectivity index (χ1) is 9.12. The van der Waals surface area contributed by atoms with Crippen LogP contribution in [0.25, 0.3) is 0 Å². The molecule has 1 aromatic rings. The van der Waals surface area contributed by atoms with E-state index in [1.54, 1.807) is 11.3 Å². The first-order valence-corrected chi connectivity index (χ1v) is 7.68. The molecular formula is C13H22N4OS. The van der Waals surface area contributed by atoms with E-state index in [0.29, 0.717) is 5.13 Å². The third-order valence-electron chi connectivity index (χ3n) is 3.46. The summed E-state index contributed by atoms with van der Waals surface area (Å²) in [7, 11) is 2.11. The zero-order valence-electron chi connectivity index (χ0n) is 11.8. The quantitative estimate of drug-likeness (QED) is 0.892. The van der Waals surface area contributed by atoms with E-state index in [4.69, 9.17) is 0 Å². The van der Waals surface area contributed by atoms with Crippen LogP contribution in [0, 0.1) is 0 Å². The molecule has 0 saturated carbocycles. The van der Waals surface area contributed by atoms with Crippen molar-refractivity contribution in [2.45, 2.75) is 45.7 Å². The molecule has 2 N–H and O–H groups in total. The van der Waals surface area contributed by atoms with Gasteiger partial charge in [0.05, 0.1) is 5.69 Å². The topological polar surface area (TPSA) is 57.3 Å². The van der Waals surface area contributed by atoms with Crippen LogP contribution in [-0.4, -0.2) is 35.5 Å². The molecule has 2 rings (SSSR count). The summed E-state index contributed by atoms with van der Waals surface area (Å²) < 4.78 is 0. The van der Waals surface area contributed by atoms with Crippen molar-refractivity contribution in [3.63, 3.8) is 0 Å². The lowest BCUT2D eigenvalue weighted by molar-refractivity contribution is 0.247. The summed E-state index contributed by atoms with van der Waals surface area (Å²) in [6, 6.07) is 0.0915. The fourth-order valence-corrected chi connectivity index (χ4v) is 3.27. The Kier molecular flexibility index (Phi) is 4.76. The van der Waals surface area contributed by atoms with Gasteiger partial charge in [0, 0.05) is 30.4 Å². The van der Waals surface area contributed by atoms with Gasteiger partial charge >= 0.3 is 6.03 Å². The van der Waals surface area contributed by atoms with Gasteiger partial charge in [-0.3, -0.25) is 5.32 Å². The molecule has 5 nitrogen and oxygen atoms in total. The minimum atomic E-state index is -0.145. The van der Waals surface area contributed by atoms with Crippen molar-refractivity contribution in [1.29, 1.82) is 0 Å². The number of carbonyl (C=O) groups is 1. The number of likely N-dealkylation sites (N-methyl/N-ethyl adjacent to an activating group) is 1. The summed E-state index contributed by atoms with van der Waals surface area (Å²) >= 11 is 1.58. The molecule has 1 aromatic heterocycles. The van der Waals surface area contributed by atoms with Crippen LogP contribution in [0.2, 0.25) is 0 Å². The van der Waals surface area contributed by atoms with Crippen molar-refractivity contribution in [3.8, 4) is 0 Å². The van der Waals surface area contributed by atoms with Crippen LogP contribution in [-0.2, 0) is 13.0 Å². The normalized spacial score (nSPS) is 15.4. The van der Waals surface area contributed by atoms with Crippen LogP contribution >= 0.6 is 11.3 Å². The van der Waals surface area contributed by atoms with Crippen LogP contribution in [0.5, 0.6) is 0 Å². The van der Waals surface area contributed by atoms with Crippen LogP contribution < -0.4 is 10.6 Å². The molecule has 0 unspecified atom stereocenters. The average molecular weight is 282 g/mol. The van der Waals surface area contributed by atoms with Crippen LogP contribution in [0.3, 0.4) is 0 Å². The van der Waals surface area contributed by atoms with Crippen LogP contribution in [0.4, 0.5) is 9.93 Å². The van der Waals surface area contributed by atoms with Gasteiger partial charge in [-0.05, 0) is 19.9 Å². The van der Waals surface area contributed by atoms with Crippen LogP contribution in [0.1, 0.15) is 37.3 Å². The molecule has 0 atom stereocenters. The van der Waals surface area contributed by atoms with E-state index in [1.807, 2.05) is 0 Å². The Bertz CT molecular complexity index is 442. The Labute approximate surface area is 118 Å². The Balaban J connectivity index is 1.94. The Morgan fingerprint density at radius 2 is 2.21 bits per heavy atom. The number of aromatic nitrogens is 1. The predicted molar refractivity (Wildman–Crippen MR) is 78.7 cm³/mol. The monoisotopic (exact) mass is 282 g/mol. The number of carbonyl (C=O) groups excluding carboxylic acids is 1. The third-order valence-corrected chi connectivity index (χ3v) is 4.46. The van der Waals surface area contributed by atoms with E-state index in [1.165, 1.54) is 4.88 Å². The van der Waals surface area contributed by atoms with E-state index in [2.05, 4.69) is 41.4 Å². The molecule has 0 bridgehead atoms. The van der Waals surface area contributed by atoms with Crippen molar-refractivity contribution in [2.75, 3.05) is 18.9 Å². The SMILES string of the molecule is CCC(CC)NC(=O)Nc1nc2c(s1)CN(C)CC2. The lowest BCUT2D eigenvalue weighted by Crippen LogP contribution is -2.37. The van der Waals surface area contributed by atoms with E-state index in [-0.39, 0.29) is 12.1 Å². The van der Waals surface area contributed by atoms with E-state index < -0.39 is 0 Å². The van der Waals surface area contributed by atoms with Gasteiger partial charge in [-0.1, -0.05) is 13.8 Å². The molecule has 0 spiro atoms. The smallest absolute Gasteiger partial charge is 0.321 e. The molecule has 1 aliphatic rings. The van der Waals surface area contributed by atoms with Crippen molar-refractivity contribution < 1.29 is 4.79 Å². The molecule has 2 amide bonds. The van der Waals surface area contributed by atoms with Gasteiger partial charge in [0.2, 0.25) is 0 Å². The highest BCUT2D eigenvalue weighted by atomic mass is 32.1. The lowest BCUT2D eigenvalue weighted by atomic mass is 10.2. The number of nitrogens with zero attached hydrogens (tertiary/aromatic N) is 2. The number of nitrogens with one attached hydrogen (secondary N) is 2. The molecular weight excluding hydrogens is 260 g/mol. The zero-order valence-corrected chi connectivity index (χ0v) is 12.6. The number of anilines is 1. The summed E-state index contributed by atoms with van der Waals surface area (Å²) in [6.07, 6.45) is 2.87. The van der Waals surface area contributed by atoms with Gasteiger partial charge < -0.3 is 10.2 Å². The highest BCUT2D eigenvalue weighted by molar-refractivity contribution is 7.15. The summed E-state index contributed by atoms with van der Waals surface area (Å²) in [5, 5.41) is 6.52. The summed E-state index contributed by atoms with van der Waals surface area (Å²) in [6.45, 7) is 6.12. The predicted octanol–water partition coefficient (Wildman–Crippen LogP) is 2.44. The number of thiazole rings is 1. The molecule has 0 radical (unpaired) electrons. The van der Waals surface area contributed by atoms with Crippen molar-refractivity contribution in [3.05, 3.63) is 10.6 Å². The number of urea groups is 1. The number of rotatable bonds is 4. The van der Waals surface area contributed by atoms with Gasteiger partial charge in [-0.2, -0.15) is 0 Å². The summed E-state index contributed by atoms with van der Waals surface area (Å²) in [5.74, 6) is 0. The first-order valence-electron chi connectivity index (χ1n) is 6.87. The van der Waals surface area contributed by atoms with Gasteiger partial charge in [0.25, 0.3) is 0 Å². The lowest BCUT2D eigenvalue weighted by Gasteiger charge is -2.20. The maximum atomic E-state index is 11.9. The summed E-state index contributed by atoms with van der Waals surface area (Å²) in [4.78, 5) is 19.9. The highest BCUT2D eigenvalue weighted by Gasteiger charge is 2.19. The average Bonchev–Trinajstić information content (AvgIpc) is 2.77. The van der Waals surface area contributed by atoms with Crippen LogP contribution in [0.15, 0.2) is 0 Å².